The molecule has 0 fully saturated rings. The van der Waals surface area contributed by atoms with Crippen molar-refractivity contribution in [3.8, 4) is 16.9 Å². The number of amides is 2. The standard InChI is InChI=1S/C22H18N2O3/c25-21-14-24(19-12-6-5-11-18(19)23-21)22(26)15-27-20-13-7-4-10-17(20)16-8-2-1-3-9-16/h1-13H,14-15H2,(H,23,25). The van der Waals surface area contributed by atoms with Crippen LogP contribution in [0.25, 0.3) is 11.1 Å². The Kier molecular flexibility index (Phi) is 4.58. The van der Waals surface area contributed by atoms with Crippen molar-refractivity contribution in [2.24, 2.45) is 0 Å². The van der Waals surface area contributed by atoms with E-state index in [1.807, 2.05) is 72.8 Å². The smallest absolute Gasteiger partial charge is 0.265 e. The van der Waals surface area contributed by atoms with Gasteiger partial charge in [-0.05, 0) is 23.8 Å². The summed E-state index contributed by atoms with van der Waals surface area (Å²) in [5.74, 6) is 0.152. The fourth-order valence-electron chi connectivity index (χ4n) is 3.12. The number of ether oxygens (including phenoxy) is 1. The first-order chi connectivity index (χ1) is 13.2. The van der Waals surface area contributed by atoms with Gasteiger partial charge < -0.3 is 10.1 Å². The number of hydrogen-bond donors (Lipinski definition) is 1. The lowest BCUT2D eigenvalue weighted by Gasteiger charge is -2.29. The molecule has 2 amide bonds. The fraction of sp³-hybridized carbons (Fsp3) is 0.0909. The van der Waals surface area contributed by atoms with E-state index in [1.165, 1.54) is 4.90 Å². The van der Waals surface area contributed by atoms with Crippen molar-refractivity contribution in [1.29, 1.82) is 0 Å². The zero-order valence-electron chi connectivity index (χ0n) is 14.6. The molecule has 1 aliphatic heterocycles. The van der Waals surface area contributed by atoms with Crippen molar-refractivity contribution in [2.45, 2.75) is 0 Å². The van der Waals surface area contributed by atoms with Crippen LogP contribution in [-0.4, -0.2) is 25.0 Å². The van der Waals surface area contributed by atoms with E-state index in [4.69, 9.17) is 4.74 Å². The summed E-state index contributed by atoms with van der Waals surface area (Å²) in [7, 11) is 0. The number of carbonyl (C=O) groups is 2. The van der Waals surface area contributed by atoms with Crippen molar-refractivity contribution >= 4 is 23.2 Å². The second-order valence-corrected chi connectivity index (χ2v) is 6.20. The first-order valence-corrected chi connectivity index (χ1v) is 8.69. The molecule has 0 aliphatic carbocycles. The number of hydrogen-bond acceptors (Lipinski definition) is 3. The highest BCUT2D eigenvalue weighted by molar-refractivity contribution is 6.10. The van der Waals surface area contributed by atoms with Crippen molar-refractivity contribution in [2.75, 3.05) is 23.4 Å². The largest absolute Gasteiger partial charge is 0.483 e. The Morgan fingerprint density at radius 1 is 0.926 bits per heavy atom. The van der Waals surface area contributed by atoms with Crippen molar-refractivity contribution in [3.05, 3.63) is 78.9 Å². The molecule has 3 aromatic carbocycles. The lowest BCUT2D eigenvalue weighted by Crippen LogP contribution is -2.44. The zero-order chi connectivity index (χ0) is 18.6. The van der Waals surface area contributed by atoms with Crippen molar-refractivity contribution in [3.63, 3.8) is 0 Å². The maximum atomic E-state index is 12.7. The van der Waals surface area contributed by atoms with E-state index in [1.54, 1.807) is 6.07 Å². The molecule has 0 spiro atoms. The van der Waals surface area contributed by atoms with Crippen LogP contribution in [0, 0.1) is 0 Å². The third-order valence-corrected chi connectivity index (χ3v) is 4.39. The van der Waals surface area contributed by atoms with E-state index in [-0.39, 0.29) is 25.0 Å². The predicted octanol–water partition coefficient (Wildman–Crippen LogP) is 3.72. The Morgan fingerprint density at radius 3 is 2.48 bits per heavy atom. The van der Waals surface area contributed by atoms with E-state index in [0.29, 0.717) is 17.1 Å². The molecule has 0 aromatic heterocycles. The van der Waals surface area contributed by atoms with Crippen LogP contribution in [0.1, 0.15) is 0 Å². The van der Waals surface area contributed by atoms with Crippen LogP contribution in [0.4, 0.5) is 11.4 Å². The second-order valence-electron chi connectivity index (χ2n) is 6.20. The minimum atomic E-state index is -0.264. The molecular weight excluding hydrogens is 340 g/mol. The second kappa shape index (κ2) is 7.33. The summed E-state index contributed by atoms with van der Waals surface area (Å²) in [5.41, 5.74) is 3.25. The van der Waals surface area contributed by atoms with Gasteiger partial charge >= 0.3 is 0 Å². The molecule has 0 saturated heterocycles. The molecule has 1 aliphatic rings. The monoisotopic (exact) mass is 358 g/mol. The zero-order valence-corrected chi connectivity index (χ0v) is 14.6. The van der Waals surface area contributed by atoms with Crippen LogP contribution < -0.4 is 15.0 Å². The third kappa shape index (κ3) is 3.53. The Bertz CT molecular complexity index is 986. The molecule has 134 valence electrons. The molecule has 0 atom stereocenters. The van der Waals surface area contributed by atoms with Crippen LogP contribution in [0.3, 0.4) is 0 Å². The minimum Gasteiger partial charge on any atom is -0.483 e. The first kappa shape index (κ1) is 16.8. The third-order valence-electron chi connectivity index (χ3n) is 4.39. The number of nitrogens with zero attached hydrogens (tertiary/aromatic N) is 1. The normalized spacial score (nSPS) is 12.9. The Morgan fingerprint density at radius 2 is 1.63 bits per heavy atom. The molecule has 27 heavy (non-hydrogen) atoms. The van der Waals surface area contributed by atoms with Gasteiger partial charge in [0.25, 0.3) is 5.91 Å². The summed E-state index contributed by atoms with van der Waals surface area (Å²) in [5, 5.41) is 2.78. The SMILES string of the molecule is O=C1CN(C(=O)COc2ccccc2-c2ccccc2)c2ccccc2N1. The number of fused-ring (bicyclic) bond motifs is 1. The van der Waals surface area contributed by atoms with Crippen LogP contribution >= 0.6 is 0 Å². The molecule has 0 radical (unpaired) electrons. The highest BCUT2D eigenvalue weighted by Gasteiger charge is 2.26. The van der Waals surface area contributed by atoms with E-state index >= 15 is 0 Å². The number of benzene rings is 3. The van der Waals surface area contributed by atoms with E-state index in [9.17, 15) is 9.59 Å². The van der Waals surface area contributed by atoms with Gasteiger partial charge in [-0.1, -0.05) is 60.7 Å². The topological polar surface area (TPSA) is 58.6 Å². The van der Waals surface area contributed by atoms with E-state index < -0.39 is 0 Å². The summed E-state index contributed by atoms with van der Waals surface area (Å²) < 4.78 is 5.83. The summed E-state index contributed by atoms with van der Waals surface area (Å²) in [6.45, 7) is -0.162. The van der Waals surface area contributed by atoms with Crippen LogP contribution in [0.15, 0.2) is 78.9 Å². The van der Waals surface area contributed by atoms with E-state index in [2.05, 4.69) is 5.32 Å². The quantitative estimate of drug-likeness (QED) is 0.773. The highest BCUT2D eigenvalue weighted by Crippen LogP contribution is 2.31. The Balaban J connectivity index is 1.54. The fourth-order valence-corrected chi connectivity index (χ4v) is 3.12. The van der Waals surface area contributed by atoms with Gasteiger partial charge in [-0.15, -0.1) is 0 Å². The molecular formula is C22H18N2O3. The van der Waals surface area contributed by atoms with Gasteiger partial charge in [0.2, 0.25) is 5.91 Å². The van der Waals surface area contributed by atoms with E-state index in [0.717, 1.165) is 11.1 Å². The molecule has 0 unspecified atom stereocenters. The van der Waals surface area contributed by atoms with Crippen LogP contribution in [0.5, 0.6) is 5.75 Å². The molecule has 5 heteroatoms. The summed E-state index contributed by atoms with van der Waals surface area (Å²) in [6, 6.07) is 24.7. The van der Waals surface area contributed by atoms with Gasteiger partial charge in [0.1, 0.15) is 12.3 Å². The van der Waals surface area contributed by atoms with Gasteiger partial charge in [0.05, 0.1) is 11.4 Å². The summed E-state index contributed by atoms with van der Waals surface area (Å²) >= 11 is 0. The Hall–Kier alpha value is -3.60. The average molecular weight is 358 g/mol. The Labute approximate surface area is 157 Å². The van der Waals surface area contributed by atoms with Crippen molar-refractivity contribution < 1.29 is 14.3 Å². The molecule has 0 saturated carbocycles. The molecule has 5 nitrogen and oxygen atoms in total. The number of anilines is 2. The van der Waals surface area contributed by atoms with Gasteiger partial charge in [-0.3, -0.25) is 14.5 Å². The van der Waals surface area contributed by atoms with Gasteiger partial charge in [0, 0.05) is 5.56 Å². The van der Waals surface area contributed by atoms with Crippen molar-refractivity contribution in [1.82, 2.24) is 0 Å². The lowest BCUT2D eigenvalue weighted by atomic mass is 10.1. The van der Waals surface area contributed by atoms with Crippen LogP contribution in [0.2, 0.25) is 0 Å². The average Bonchev–Trinajstić information content (AvgIpc) is 2.72. The summed E-state index contributed by atoms with van der Waals surface area (Å²) in [4.78, 5) is 26.1. The number of rotatable bonds is 4. The minimum absolute atomic E-state index is 0.0143. The molecule has 0 bridgehead atoms. The molecule has 1 N–H and O–H groups in total. The van der Waals surface area contributed by atoms with Gasteiger partial charge in [0.15, 0.2) is 6.61 Å². The molecule has 1 heterocycles. The van der Waals surface area contributed by atoms with Gasteiger partial charge in [-0.25, -0.2) is 0 Å². The molecule has 3 aromatic rings. The first-order valence-electron chi connectivity index (χ1n) is 8.69. The number of nitrogens with one attached hydrogen (secondary N) is 1. The summed E-state index contributed by atoms with van der Waals surface area (Å²) in [6.07, 6.45) is 0. The van der Waals surface area contributed by atoms with Gasteiger partial charge in [-0.2, -0.15) is 0 Å². The lowest BCUT2D eigenvalue weighted by molar-refractivity contribution is -0.123. The maximum absolute atomic E-state index is 12.7. The number of para-hydroxylation sites is 3. The number of carbonyl (C=O) groups excluding carboxylic acids is 2. The predicted molar refractivity (Wildman–Crippen MR) is 105 cm³/mol. The maximum Gasteiger partial charge on any atom is 0.265 e. The van der Waals surface area contributed by atoms with Crippen LogP contribution in [-0.2, 0) is 9.59 Å². The highest BCUT2D eigenvalue weighted by atomic mass is 16.5. The molecule has 4 rings (SSSR count).